The van der Waals surface area contributed by atoms with Crippen LogP contribution in [0.2, 0.25) is 0 Å². The number of amides is 1. The molecule has 0 saturated heterocycles. The number of carboxylic acid groups (broad SMARTS) is 1. The van der Waals surface area contributed by atoms with E-state index in [4.69, 9.17) is 5.11 Å². The van der Waals surface area contributed by atoms with Crippen LogP contribution in [0.1, 0.15) is 9.88 Å². The third-order valence-electron chi connectivity index (χ3n) is 3.28. The molecule has 0 fully saturated rings. The molecule has 7 nitrogen and oxygen atoms in total. The maximum Gasteiger partial charge on any atom is 0.407 e. The Labute approximate surface area is 139 Å². The van der Waals surface area contributed by atoms with Crippen molar-refractivity contribution < 1.29 is 23.6 Å². The molecular weight excluding hydrogens is 344 g/mol. The summed E-state index contributed by atoms with van der Waals surface area (Å²) in [6, 6.07) is 1.36. The molecule has 2 aromatic rings. The van der Waals surface area contributed by atoms with Crippen LogP contribution in [0.5, 0.6) is 0 Å². The zero-order chi connectivity index (χ0) is 18.0. The molecule has 1 amide bonds. The van der Waals surface area contributed by atoms with Gasteiger partial charge in [-0.15, -0.1) is 11.3 Å². The van der Waals surface area contributed by atoms with Crippen LogP contribution in [0.4, 0.5) is 19.3 Å². The molecule has 1 N–H and O–H groups in total. The van der Waals surface area contributed by atoms with Crippen LogP contribution < -0.4 is 0 Å². The fourth-order valence-corrected chi connectivity index (χ4v) is 3.03. The highest BCUT2D eigenvalue weighted by Crippen LogP contribution is 2.34. The van der Waals surface area contributed by atoms with Gasteiger partial charge in [0.1, 0.15) is 5.82 Å². The smallest absolute Gasteiger partial charge is 0.407 e. The number of nitrogens with zero attached hydrogens (tertiary/aromatic N) is 3. The van der Waals surface area contributed by atoms with Crippen LogP contribution in [0, 0.1) is 28.7 Å². The molecule has 128 valence electrons. The maximum absolute atomic E-state index is 14.4. The van der Waals surface area contributed by atoms with Crippen molar-refractivity contribution in [2.24, 2.45) is 0 Å². The van der Waals surface area contributed by atoms with Gasteiger partial charge in [0.2, 0.25) is 5.82 Å². The van der Waals surface area contributed by atoms with Crippen molar-refractivity contribution in [2.45, 2.75) is 13.3 Å². The second-order valence-corrected chi connectivity index (χ2v) is 6.29. The van der Waals surface area contributed by atoms with Gasteiger partial charge in [-0.2, -0.15) is 4.39 Å². The SMILES string of the molecule is Cc1nc(-c2cc(F)cc([N+](=O)[O-])c2F)c(CCN(C)C(=O)O)s1. The molecule has 0 saturated carbocycles. The highest BCUT2D eigenvalue weighted by atomic mass is 32.1. The zero-order valence-corrected chi connectivity index (χ0v) is 13.6. The van der Waals surface area contributed by atoms with Gasteiger partial charge < -0.3 is 10.0 Å². The Kier molecular flexibility index (Phi) is 5.07. The number of carbonyl (C=O) groups is 1. The lowest BCUT2D eigenvalue weighted by molar-refractivity contribution is -0.387. The van der Waals surface area contributed by atoms with E-state index in [1.165, 1.54) is 18.4 Å². The molecule has 1 aromatic carbocycles. The number of aryl methyl sites for hydroxylation is 1. The van der Waals surface area contributed by atoms with E-state index in [1.54, 1.807) is 6.92 Å². The highest BCUT2D eigenvalue weighted by molar-refractivity contribution is 7.12. The lowest BCUT2D eigenvalue weighted by Crippen LogP contribution is -2.26. The maximum atomic E-state index is 14.4. The van der Waals surface area contributed by atoms with Crippen LogP contribution in [0.25, 0.3) is 11.3 Å². The minimum Gasteiger partial charge on any atom is -0.465 e. The van der Waals surface area contributed by atoms with E-state index in [1.807, 2.05) is 0 Å². The van der Waals surface area contributed by atoms with E-state index in [2.05, 4.69) is 4.98 Å². The Morgan fingerprint density at radius 1 is 1.46 bits per heavy atom. The molecule has 0 spiro atoms. The molecule has 0 unspecified atom stereocenters. The summed E-state index contributed by atoms with van der Waals surface area (Å²) < 4.78 is 28.0. The summed E-state index contributed by atoms with van der Waals surface area (Å²) in [5.41, 5.74) is -1.18. The van der Waals surface area contributed by atoms with Gasteiger partial charge in [0.05, 0.1) is 21.7 Å². The first-order valence-corrected chi connectivity index (χ1v) is 7.56. The lowest BCUT2D eigenvalue weighted by Gasteiger charge is -2.12. The van der Waals surface area contributed by atoms with Gasteiger partial charge in [-0.05, 0) is 13.0 Å². The molecule has 1 heterocycles. The lowest BCUT2D eigenvalue weighted by atomic mass is 10.1. The number of rotatable bonds is 5. The minimum absolute atomic E-state index is 0.0939. The van der Waals surface area contributed by atoms with E-state index in [9.17, 15) is 23.7 Å². The second kappa shape index (κ2) is 6.87. The van der Waals surface area contributed by atoms with E-state index < -0.39 is 28.3 Å². The van der Waals surface area contributed by atoms with Gasteiger partial charge in [-0.25, -0.2) is 14.2 Å². The molecule has 24 heavy (non-hydrogen) atoms. The van der Waals surface area contributed by atoms with Gasteiger partial charge in [0.25, 0.3) is 0 Å². The van der Waals surface area contributed by atoms with Crippen molar-refractivity contribution in [1.82, 2.24) is 9.88 Å². The summed E-state index contributed by atoms with van der Waals surface area (Å²) in [6.07, 6.45) is -0.890. The van der Waals surface area contributed by atoms with Crippen LogP contribution in [0.3, 0.4) is 0 Å². The van der Waals surface area contributed by atoms with Crippen LogP contribution in [0.15, 0.2) is 12.1 Å². The Bertz CT molecular complexity index is 810. The Morgan fingerprint density at radius 2 is 2.12 bits per heavy atom. The molecule has 2 rings (SSSR count). The molecule has 0 aliphatic rings. The third kappa shape index (κ3) is 3.65. The quantitative estimate of drug-likeness (QED) is 0.653. The number of nitro groups is 1. The van der Waals surface area contributed by atoms with Gasteiger partial charge in [-0.3, -0.25) is 10.1 Å². The average molecular weight is 357 g/mol. The molecule has 0 aliphatic carbocycles. The topological polar surface area (TPSA) is 96.6 Å². The standard InChI is InChI=1S/C14H13F2N3O4S/c1-7-17-13(11(24-7)3-4-18(2)14(20)21)9-5-8(15)6-10(12(9)16)19(22)23/h5-6H,3-4H2,1-2H3,(H,20,21). The van der Waals surface area contributed by atoms with E-state index >= 15 is 0 Å². The first kappa shape index (κ1) is 17.7. The Morgan fingerprint density at radius 3 is 2.71 bits per heavy atom. The highest BCUT2D eigenvalue weighted by Gasteiger charge is 2.24. The fraction of sp³-hybridized carbons (Fsp3) is 0.286. The van der Waals surface area contributed by atoms with Gasteiger partial charge in [0.15, 0.2) is 0 Å². The van der Waals surface area contributed by atoms with Crippen molar-refractivity contribution in [2.75, 3.05) is 13.6 Å². The predicted octanol–water partition coefficient (Wildman–Crippen LogP) is 3.46. The Hall–Kier alpha value is -2.62. The summed E-state index contributed by atoms with van der Waals surface area (Å²) in [4.78, 5) is 26.4. The number of thiazole rings is 1. The number of benzene rings is 1. The number of halogens is 2. The molecule has 0 atom stereocenters. The first-order valence-electron chi connectivity index (χ1n) is 6.75. The molecule has 1 aromatic heterocycles. The third-order valence-corrected chi connectivity index (χ3v) is 4.31. The Balaban J connectivity index is 2.46. The summed E-state index contributed by atoms with van der Waals surface area (Å²) in [5, 5.41) is 20.3. The number of aromatic nitrogens is 1. The molecule has 0 aliphatic heterocycles. The van der Waals surface area contributed by atoms with Crippen molar-refractivity contribution in [3.05, 3.63) is 43.8 Å². The first-order chi connectivity index (χ1) is 11.2. The minimum atomic E-state index is -1.17. The van der Waals surface area contributed by atoms with Crippen molar-refractivity contribution in [1.29, 1.82) is 0 Å². The van der Waals surface area contributed by atoms with Crippen LogP contribution in [-0.2, 0) is 6.42 Å². The van der Waals surface area contributed by atoms with Crippen LogP contribution >= 0.6 is 11.3 Å². The van der Waals surface area contributed by atoms with Gasteiger partial charge in [-0.1, -0.05) is 0 Å². The number of nitro benzene ring substituents is 1. The second-order valence-electron chi connectivity index (χ2n) is 5.00. The zero-order valence-electron chi connectivity index (χ0n) is 12.7. The van der Waals surface area contributed by atoms with Gasteiger partial charge >= 0.3 is 11.8 Å². The number of likely N-dealkylation sites (N-methyl/N-ethyl adjacent to an activating group) is 1. The van der Waals surface area contributed by atoms with Crippen molar-refractivity contribution in [3.63, 3.8) is 0 Å². The summed E-state index contributed by atoms with van der Waals surface area (Å²) >= 11 is 1.20. The molecular formula is C14H13F2N3O4S. The largest absolute Gasteiger partial charge is 0.465 e. The van der Waals surface area contributed by atoms with E-state index in [-0.39, 0.29) is 24.2 Å². The monoisotopic (exact) mass is 357 g/mol. The van der Waals surface area contributed by atoms with E-state index in [0.717, 1.165) is 11.0 Å². The summed E-state index contributed by atoms with van der Waals surface area (Å²) in [5.74, 6) is -2.11. The van der Waals surface area contributed by atoms with Gasteiger partial charge in [0, 0.05) is 30.5 Å². The normalized spacial score (nSPS) is 10.7. The fourth-order valence-electron chi connectivity index (χ4n) is 2.09. The molecule has 0 bridgehead atoms. The molecule has 10 heteroatoms. The van der Waals surface area contributed by atoms with Crippen LogP contribution in [-0.4, -0.2) is 39.6 Å². The molecule has 0 radical (unpaired) electrons. The average Bonchev–Trinajstić information content (AvgIpc) is 2.87. The van der Waals surface area contributed by atoms with E-state index in [0.29, 0.717) is 16.0 Å². The summed E-state index contributed by atoms with van der Waals surface area (Å²) in [6.45, 7) is 1.78. The summed E-state index contributed by atoms with van der Waals surface area (Å²) in [7, 11) is 1.38. The predicted molar refractivity (Wildman–Crippen MR) is 83.2 cm³/mol. The van der Waals surface area contributed by atoms with Crippen molar-refractivity contribution >= 4 is 23.1 Å². The van der Waals surface area contributed by atoms with Crippen molar-refractivity contribution in [3.8, 4) is 11.3 Å². The number of hydrogen-bond acceptors (Lipinski definition) is 5. The number of hydrogen-bond donors (Lipinski definition) is 1.